The first kappa shape index (κ1) is 6.21. The van der Waals surface area contributed by atoms with Crippen molar-refractivity contribution in [3.05, 3.63) is 12.3 Å². The molecule has 1 aromatic rings. The average Bonchev–Trinajstić information content (AvgIpc) is 2.41. The summed E-state index contributed by atoms with van der Waals surface area (Å²) in [4.78, 5) is 10.5. The van der Waals surface area contributed by atoms with Crippen LogP contribution in [-0.2, 0) is 4.79 Å². The molecule has 1 aliphatic rings. The smallest absolute Gasteiger partial charge is 0.332 e. The maximum Gasteiger partial charge on any atom is 0.332 e. The van der Waals surface area contributed by atoms with E-state index in [9.17, 15) is 4.79 Å². The van der Waals surface area contributed by atoms with Crippen LogP contribution in [0.1, 0.15) is 6.04 Å². The molecule has 1 atom stereocenters. The Hall–Kier alpha value is -1.52. The molecule has 0 aromatic carbocycles. The molecular weight excluding hydrogens is 148 g/mol. The molecule has 0 bridgehead atoms. The molecule has 0 amide bonds. The number of rotatable bonds is 1. The maximum absolute atomic E-state index is 10.5. The first-order valence-electron chi connectivity index (χ1n) is 3.18. The molecule has 1 aromatic heterocycles. The molecule has 5 nitrogen and oxygen atoms in total. The standard InChI is InChI=1S/C6H6N2O3/c9-6(10)4-3-11-5-1-2-7-8(4)5/h1-2,4H,3H2,(H,9,10). The highest BCUT2D eigenvalue weighted by atomic mass is 16.5. The SMILES string of the molecule is O=C(O)C1COc2ccnn21. The van der Waals surface area contributed by atoms with Crippen LogP contribution in [0.4, 0.5) is 0 Å². The van der Waals surface area contributed by atoms with E-state index in [-0.39, 0.29) is 6.61 Å². The minimum absolute atomic E-state index is 0.179. The summed E-state index contributed by atoms with van der Waals surface area (Å²) < 4.78 is 6.40. The molecule has 2 heterocycles. The van der Waals surface area contributed by atoms with Gasteiger partial charge in [-0.05, 0) is 0 Å². The van der Waals surface area contributed by atoms with Crippen LogP contribution in [0.25, 0.3) is 0 Å². The molecule has 0 saturated heterocycles. The lowest BCUT2D eigenvalue weighted by Crippen LogP contribution is -2.18. The van der Waals surface area contributed by atoms with Crippen molar-refractivity contribution in [2.75, 3.05) is 6.61 Å². The van der Waals surface area contributed by atoms with Crippen molar-refractivity contribution in [2.24, 2.45) is 0 Å². The van der Waals surface area contributed by atoms with Gasteiger partial charge in [0, 0.05) is 6.07 Å². The quantitative estimate of drug-likeness (QED) is 0.613. The van der Waals surface area contributed by atoms with Crippen LogP contribution >= 0.6 is 0 Å². The van der Waals surface area contributed by atoms with Crippen molar-refractivity contribution in [1.29, 1.82) is 0 Å². The van der Waals surface area contributed by atoms with Gasteiger partial charge in [-0.1, -0.05) is 0 Å². The summed E-state index contributed by atoms with van der Waals surface area (Å²) in [5.74, 6) is -0.384. The fourth-order valence-corrected chi connectivity index (χ4v) is 1.06. The molecule has 0 fully saturated rings. The summed E-state index contributed by atoms with van der Waals surface area (Å²) in [6.07, 6.45) is 1.52. The summed E-state index contributed by atoms with van der Waals surface area (Å²) in [6, 6.07) is 0.989. The molecule has 5 heteroatoms. The van der Waals surface area contributed by atoms with Crippen LogP contribution in [0.5, 0.6) is 5.88 Å². The minimum atomic E-state index is -0.910. The van der Waals surface area contributed by atoms with Crippen molar-refractivity contribution >= 4 is 5.97 Å². The van der Waals surface area contributed by atoms with Gasteiger partial charge in [-0.3, -0.25) is 0 Å². The van der Waals surface area contributed by atoms with Crippen LogP contribution in [0.15, 0.2) is 12.3 Å². The van der Waals surface area contributed by atoms with E-state index in [2.05, 4.69) is 5.10 Å². The summed E-state index contributed by atoms with van der Waals surface area (Å²) in [5, 5.41) is 12.4. The van der Waals surface area contributed by atoms with E-state index in [0.29, 0.717) is 5.88 Å². The fourth-order valence-electron chi connectivity index (χ4n) is 1.06. The Morgan fingerprint density at radius 3 is 3.45 bits per heavy atom. The van der Waals surface area contributed by atoms with E-state index >= 15 is 0 Å². The highest BCUT2D eigenvalue weighted by molar-refractivity contribution is 5.72. The molecule has 0 radical (unpaired) electrons. The predicted octanol–water partition coefficient (Wildman–Crippen LogP) is -0.0988. The Morgan fingerprint density at radius 2 is 2.73 bits per heavy atom. The van der Waals surface area contributed by atoms with E-state index < -0.39 is 12.0 Å². The van der Waals surface area contributed by atoms with E-state index in [1.54, 1.807) is 6.07 Å². The Labute approximate surface area is 62.2 Å². The van der Waals surface area contributed by atoms with Crippen molar-refractivity contribution in [3.63, 3.8) is 0 Å². The number of ether oxygens (including phenoxy) is 1. The third-order valence-electron chi connectivity index (χ3n) is 1.60. The maximum atomic E-state index is 10.5. The average molecular weight is 154 g/mol. The van der Waals surface area contributed by atoms with Crippen LogP contribution in [-0.4, -0.2) is 27.5 Å². The Kier molecular flexibility index (Phi) is 1.12. The Morgan fingerprint density at radius 1 is 1.91 bits per heavy atom. The molecule has 11 heavy (non-hydrogen) atoms. The minimum Gasteiger partial charge on any atom is -0.480 e. The predicted molar refractivity (Wildman–Crippen MR) is 34.4 cm³/mol. The van der Waals surface area contributed by atoms with Crippen molar-refractivity contribution in [2.45, 2.75) is 6.04 Å². The number of aliphatic carboxylic acids is 1. The number of nitrogens with zero attached hydrogens (tertiary/aromatic N) is 2. The van der Waals surface area contributed by atoms with Crippen molar-refractivity contribution in [1.82, 2.24) is 9.78 Å². The third-order valence-corrected chi connectivity index (χ3v) is 1.60. The topological polar surface area (TPSA) is 64.3 Å². The van der Waals surface area contributed by atoms with E-state index in [4.69, 9.17) is 9.84 Å². The first-order chi connectivity index (χ1) is 5.29. The second-order valence-corrected chi connectivity index (χ2v) is 2.28. The number of carbonyl (C=O) groups is 1. The van der Waals surface area contributed by atoms with Gasteiger partial charge in [0.1, 0.15) is 6.61 Å². The summed E-state index contributed by atoms with van der Waals surface area (Å²) >= 11 is 0. The molecule has 1 aliphatic heterocycles. The third kappa shape index (κ3) is 0.772. The second-order valence-electron chi connectivity index (χ2n) is 2.28. The molecule has 0 aliphatic carbocycles. The Bertz CT molecular complexity index is 294. The normalized spacial score (nSPS) is 20.9. The molecule has 1 N–H and O–H groups in total. The summed E-state index contributed by atoms with van der Waals surface area (Å²) in [6.45, 7) is 0.179. The highest BCUT2D eigenvalue weighted by Gasteiger charge is 2.29. The fraction of sp³-hybridized carbons (Fsp3) is 0.333. The number of fused-ring (bicyclic) bond motifs is 1. The van der Waals surface area contributed by atoms with E-state index in [0.717, 1.165) is 0 Å². The second kappa shape index (κ2) is 1.98. The van der Waals surface area contributed by atoms with E-state index in [1.165, 1.54) is 10.9 Å². The van der Waals surface area contributed by atoms with Crippen molar-refractivity contribution in [3.8, 4) is 5.88 Å². The van der Waals surface area contributed by atoms with Crippen molar-refractivity contribution < 1.29 is 14.6 Å². The van der Waals surface area contributed by atoms with Gasteiger partial charge in [-0.25, -0.2) is 9.48 Å². The number of hydrogen-bond acceptors (Lipinski definition) is 3. The molecule has 0 spiro atoms. The zero-order chi connectivity index (χ0) is 7.84. The van der Waals surface area contributed by atoms with Gasteiger partial charge < -0.3 is 9.84 Å². The molecule has 58 valence electrons. The van der Waals surface area contributed by atoms with Gasteiger partial charge in [0.25, 0.3) is 0 Å². The largest absolute Gasteiger partial charge is 0.480 e. The summed E-state index contributed by atoms with van der Waals surface area (Å²) in [7, 11) is 0. The first-order valence-corrected chi connectivity index (χ1v) is 3.18. The van der Waals surface area contributed by atoms with Gasteiger partial charge in [-0.2, -0.15) is 5.10 Å². The lowest BCUT2D eigenvalue weighted by atomic mass is 10.3. The van der Waals surface area contributed by atoms with E-state index in [1.807, 2.05) is 0 Å². The monoisotopic (exact) mass is 154 g/mol. The van der Waals surface area contributed by atoms with Crippen LogP contribution in [0.3, 0.4) is 0 Å². The molecule has 2 rings (SSSR count). The van der Waals surface area contributed by atoms with Gasteiger partial charge in [0.2, 0.25) is 5.88 Å². The number of carboxylic acid groups (broad SMARTS) is 1. The van der Waals surface area contributed by atoms with Gasteiger partial charge in [0.15, 0.2) is 6.04 Å². The zero-order valence-corrected chi connectivity index (χ0v) is 5.60. The number of hydrogen-bond donors (Lipinski definition) is 1. The number of aromatic nitrogens is 2. The zero-order valence-electron chi connectivity index (χ0n) is 5.60. The lowest BCUT2D eigenvalue weighted by molar-refractivity contribution is -0.141. The van der Waals surface area contributed by atoms with Crippen LogP contribution in [0.2, 0.25) is 0 Å². The highest BCUT2D eigenvalue weighted by Crippen LogP contribution is 2.23. The molecule has 1 unspecified atom stereocenters. The molecule has 0 saturated carbocycles. The van der Waals surface area contributed by atoms with Crippen LogP contribution in [0, 0.1) is 0 Å². The molecular formula is C6H6N2O3. The van der Waals surface area contributed by atoms with Crippen LogP contribution < -0.4 is 4.74 Å². The van der Waals surface area contributed by atoms with Gasteiger partial charge in [0.05, 0.1) is 6.20 Å². The Balaban J connectivity index is 2.38. The van der Waals surface area contributed by atoms with Gasteiger partial charge in [-0.15, -0.1) is 0 Å². The number of carboxylic acids is 1. The lowest BCUT2D eigenvalue weighted by Gasteiger charge is -2.00. The summed E-state index contributed by atoms with van der Waals surface area (Å²) in [5.41, 5.74) is 0. The van der Waals surface area contributed by atoms with Gasteiger partial charge >= 0.3 is 5.97 Å².